The molecule has 3 nitrogen and oxygen atoms in total. The highest BCUT2D eigenvalue weighted by atomic mass is 19.4. The number of hydrogen-bond acceptors (Lipinski definition) is 3. The van der Waals surface area contributed by atoms with Crippen molar-refractivity contribution in [3.8, 4) is 0 Å². The van der Waals surface area contributed by atoms with E-state index in [0.29, 0.717) is 6.20 Å². The third-order valence-electron chi connectivity index (χ3n) is 1.35. The molecule has 14 heavy (non-hydrogen) atoms. The summed E-state index contributed by atoms with van der Waals surface area (Å²) in [4.78, 5) is 12.8. The first kappa shape index (κ1) is 10.4. The number of rotatable bonds is 1. The SMILES string of the molecule is O=C([O-])c1cnc(C(F)(F)F)c(F)c1. The monoisotopic (exact) mass is 208 g/mol. The number of alkyl halides is 3. The van der Waals surface area contributed by atoms with Crippen molar-refractivity contribution in [3.63, 3.8) is 0 Å². The van der Waals surface area contributed by atoms with E-state index in [4.69, 9.17) is 0 Å². The fraction of sp³-hybridized carbons (Fsp3) is 0.143. The quantitative estimate of drug-likeness (QED) is 0.635. The Bertz CT molecular complexity index is 374. The molecule has 0 aromatic carbocycles. The Morgan fingerprint density at radius 3 is 2.36 bits per heavy atom. The minimum absolute atomic E-state index is 0.213. The summed E-state index contributed by atoms with van der Waals surface area (Å²) >= 11 is 0. The molecule has 1 aromatic heterocycles. The van der Waals surface area contributed by atoms with Crippen molar-refractivity contribution in [1.29, 1.82) is 0 Å². The van der Waals surface area contributed by atoms with Gasteiger partial charge in [-0.05, 0) is 6.07 Å². The summed E-state index contributed by atoms with van der Waals surface area (Å²) in [6.07, 6.45) is -4.55. The normalized spacial score (nSPS) is 11.4. The molecule has 0 aliphatic rings. The van der Waals surface area contributed by atoms with Gasteiger partial charge in [0, 0.05) is 11.8 Å². The Hall–Kier alpha value is -1.66. The first-order valence-electron chi connectivity index (χ1n) is 3.26. The number of nitrogens with zero attached hydrogens (tertiary/aromatic N) is 1. The van der Waals surface area contributed by atoms with Crippen LogP contribution in [0.3, 0.4) is 0 Å². The number of carbonyl (C=O) groups excluding carboxylic acids is 1. The molecule has 0 atom stereocenters. The summed E-state index contributed by atoms with van der Waals surface area (Å²) in [7, 11) is 0. The second-order valence-corrected chi connectivity index (χ2v) is 2.34. The second kappa shape index (κ2) is 3.24. The van der Waals surface area contributed by atoms with Crippen LogP contribution >= 0.6 is 0 Å². The van der Waals surface area contributed by atoms with Gasteiger partial charge in [-0.3, -0.25) is 0 Å². The summed E-state index contributed by atoms with van der Waals surface area (Å²) < 4.78 is 48.4. The number of carbonyl (C=O) groups is 1. The van der Waals surface area contributed by atoms with Gasteiger partial charge in [0.2, 0.25) is 0 Å². The molecule has 0 fully saturated rings. The van der Waals surface area contributed by atoms with Gasteiger partial charge in [0.25, 0.3) is 0 Å². The lowest BCUT2D eigenvalue weighted by molar-refractivity contribution is -0.255. The molecule has 0 saturated carbocycles. The van der Waals surface area contributed by atoms with Crippen LogP contribution in [-0.4, -0.2) is 11.0 Å². The van der Waals surface area contributed by atoms with Crippen LogP contribution in [0.2, 0.25) is 0 Å². The highest BCUT2D eigenvalue weighted by Crippen LogP contribution is 2.29. The topological polar surface area (TPSA) is 53.0 Å². The van der Waals surface area contributed by atoms with Crippen LogP contribution < -0.4 is 5.11 Å². The van der Waals surface area contributed by atoms with Crippen molar-refractivity contribution in [2.45, 2.75) is 6.18 Å². The van der Waals surface area contributed by atoms with Gasteiger partial charge in [0.05, 0.1) is 5.97 Å². The molecule has 0 aliphatic carbocycles. The van der Waals surface area contributed by atoms with Crippen LogP contribution in [0.5, 0.6) is 0 Å². The van der Waals surface area contributed by atoms with Crippen molar-refractivity contribution in [3.05, 3.63) is 29.3 Å². The number of carboxylic acid groups (broad SMARTS) is 1. The van der Waals surface area contributed by atoms with E-state index in [1.54, 1.807) is 0 Å². The number of halogens is 4. The predicted molar refractivity (Wildman–Crippen MR) is 33.5 cm³/mol. The molecule has 1 rings (SSSR count). The minimum Gasteiger partial charge on any atom is -0.545 e. The fourth-order valence-corrected chi connectivity index (χ4v) is 0.758. The molecule has 0 bridgehead atoms. The van der Waals surface area contributed by atoms with Crippen LogP contribution in [0, 0.1) is 5.82 Å². The van der Waals surface area contributed by atoms with E-state index in [1.807, 2.05) is 0 Å². The molecule has 1 aromatic rings. The molecule has 7 heteroatoms. The van der Waals surface area contributed by atoms with Crippen molar-refractivity contribution < 1.29 is 27.5 Å². The van der Waals surface area contributed by atoms with E-state index in [9.17, 15) is 27.5 Å². The fourth-order valence-electron chi connectivity index (χ4n) is 0.758. The Morgan fingerprint density at radius 2 is 2.00 bits per heavy atom. The van der Waals surface area contributed by atoms with Gasteiger partial charge in [-0.25, -0.2) is 9.37 Å². The molecule has 0 aliphatic heterocycles. The van der Waals surface area contributed by atoms with Crippen molar-refractivity contribution in [2.75, 3.05) is 0 Å². The van der Waals surface area contributed by atoms with Gasteiger partial charge in [0.1, 0.15) is 0 Å². The van der Waals surface area contributed by atoms with Gasteiger partial charge < -0.3 is 9.90 Å². The van der Waals surface area contributed by atoms with Crippen LogP contribution in [0.25, 0.3) is 0 Å². The maximum absolute atomic E-state index is 12.6. The second-order valence-electron chi connectivity index (χ2n) is 2.34. The third kappa shape index (κ3) is 1.98. The highest BCUT2D eigenvalue weighted by Gasteiger charge is 2.36. The lowest BCUT2D eigenvalue weighted by Gasteiger charge is -2.08. The summed E-state index contributed by atoms with van der Waals surface area (Å²) in [5.74, 6) is -3.52. The summed E-state index contributed by atoms with van der Waals surface area (Å²) in [5.41, 5.74) is -2.49. The van der Waals surface area contributed by atoms with Crippen molar-refractivity contribution in [2.24, 2.45) is 0 Å². The van der Waals surface area contributed by atoms with Crippen LogP contribution in [0.15, 0.2) is 12.3 Å². The zero-order chi connectivity index (χ0) is 10.9. The zero-order valence-electron chi connectivity index (χ0n) is 6.43. The van der Waals surface area contributed by atoms with E-state index >= 15 is 0 Å². The summed E-state index contributed by atoms with van der Waals surface area (Å²) in [6.45, 7) is 0. The van der Waals surface area contributed by atoms with Gasteiger partial charge in [-0.15, -0.1) is 0 Å². The van der Waals surface area contributed by atoms with E-state index in [0.717, 1.165) is 0 Å². The van der Waals surface area contributed by atoms with Gasteiger partial charge in [-0.2, -0.15) is 13.2 Å². The highest BCUT2D eigenvalue weighted by molar-refractivity contribution is 5.85. The molecule has 0 N–H and O–H groups in total. The smallest absolute Gasteiger partial charge is 0.436 e. The van der Waals surface area contributed by atoms with Crippen LogP contribution in [0.4, 0.5) is 17.6 Å². The first-order valence-corrected chi connectivity index (χ1v) is 3.26. The van der Waals surface area contributed by atoms with Crippen LogP contribution in [0.1, 0.15) is 16.1 Å². The predicted octanol–water partition coefficient (Wildman–Crippen LogP) is 0.603. The maximum atomic E-state index is 12.6. The molecule has 76 valence electrons. The average Bonchev–Trinajstić information content (AvgIpc) is 2.01. The number of hydrogen-bond donors (Lipinski definition) is 0. The van der Waals surface area contributed by atoms with E-state index in [2.05, 4.69) is 4.98 Å². The van der Waals surface area contributed by atoms with E-state index in [-0.39, 0.29) is 6.07 Å². The maximum Gasteiger partial charge on any atom is 0.436 e. The molecule has 0 saturated heterocycles. The standard InChI is InChI=1S/C7H3F4NO2/c8-4-1-3(6(13)14)2-12-5(4)7(9,10)11/h1-2H,(H,13,14)/p-1. The lowest BCUT2D eigenvalue weighted by Crippen LogP contribution is -2.23. The third-order valence-corrected chi connectivity index (χ3v) is 1.35. The molecule has 0 unspecified atom stereocenters. The number of pyridine rings is 1. The van der Waals surface area contributed by atoms with E-state index in [1.165, 1.54) is 0 Å². The number of aromatic nitrogens is 1. The molecular formula is C7H2F4NO2-. The zero-order valence-corrected chi connectivity index (χ0v) is 6.43. The van der Waals surface area contributed by atoms with Crippen molar-refractivity contribution >= 4 is 5.97 Å². The first-order chi connectivity index (χ1) is 6.32. The van der Waals surface area contributed by atoms with E-state index < -0.39 is 29.2 Å². The van der Waals surface area contributed by atoms with Crippen LogP contribution in [-0.2, 0) is 6.18 Å². The average molecular weight is 208 g/mol. The largest absolute Gasteiger partial charge is 0.545 e. The molecule has 0 amide bonds. The molecule has 1 heterocycles. The molecular weight excluding hydrogens is 206 g/mol. The number of aromatic carboxylic acids is 1. The molecule has 0 radical (unpaired) electrons. The Kier molecular flexibility index (Phi) is 2.41. The van der Waals surface area contributed by atoms with Gasteiger partial charge in [-0.1, -0.05) is 0 Å². The molecule has 0 spiro atoms. The lowest BCUT2D eigenvalue weighted by atomic mass is 10.2. The minimum atomic E-state index is -4.94. The Morgan fingerprint density at radius 1 is 1.43 bits per heavy atom. The summed E-state index contributed by atoms with van der Waals surface area (Å²) in [6, 6.07) is 0.213. The van der Waals surface area contributed by atoms with Gasteiger partial charge in [0.15, 0.2) is 11.5 Å². The van der Waals surface area contributed by atoms with Gasteiger partial charge >= 0.3 is 6.18 Å². The van der Waals surface area contributed by atoms with Crippen molar-refractivity contribution in [1.82, 2.24) is 4.98 Å². The number of carboxylic acids is 1. The summed E-state index contributed by atoms with van der Waals surface area (Å²) in [5, 5.41) is 10.1. The Balaban J connectivity index is 3.21. The Labute approximate surface area is 75.0 Å².